The van der Waals surface area contributed by atoms with E-state index in [2.05, 4.69) is 31.8 Å². The second-order valence-electron chi connectivity index (χ2n) is 6.88. The molecular weight excluding hydrogens is 277 g/mol. The normalized spacial score (nSPS) is 13.2. The average Bonchev–Trinajstić information content (AvgIpc) is 2.41. The number of aryl methyl sites for hydroxylation is 2. The number of hydrogen-bond acceptors (Lipinski definition) is 2. The SMILES string of the molecule is CO[C@H](c1cc(C)ccc1-c1cc(C)ncc1F)C(C)(C)C. The zero-order valence-electron chi connectivity index (χ0n) is 14.2. The highest BCUT2D eigenvalue weighted by Gasteiger charge is 2.29. The first-order valence-electron chi connectivity index (χ1n) is 7.50. The van der Waals surface area contributed by atoms with Crippen LogP contribution in [0.1, 0.15) is 43.7 Å². The Balaban J connectivity index is 2.69. The lowest BCUT2D eigenvalue weighted by molar-refractivity contribution is 0.0155. The van der Waals surface area contributed by atoms with Gasteiger partial charge in [0.2, 0.25) is 0 Å². The summed E-state index contributed by atoms with van der Waals surface area (Å²) in [5.41, 5.74) is 4.31. The minimum atomic E-state index is -0.306. The van der Waals surface area contributed by atoms with Gasteiger partial charge in [0.25, 0.3) is 0 Å². The first-order valence-corrected chi connectivity index (χ1v) is 7.50. The molecule has 2 rings (SSSR count). The van der Waals surface area contributed by atoms with Crippen molar-refractivity contribution in [3.05, 3.63) is 53.1 Å². The Hall–Kier alpha value is -1.74. The summed E-state index contributed by atoms with van der Waals surface area (Å²) in [5, 5.41) is 0. The quantitative estimate of drug-likeness (QED) is 0.773. The zero-order valence-corrected chi connectivity index (χ0v) is 14.2. The Morgan fingerprint density at radius 3 is 2.36 bits per heavy atom. The third-order valence-corrected chi connectivity index (χ3v) is 3.79. The molecule has 118 valence electrons. The van der Waals surface area contributed by atoms with Crippen molar-refractivity contribution in [2.45, 2.75) is 40.7 Å². The molecule has 0 aliphatic rings. The van der Waals surface area contributed by atoms with E-state index in [0.29, 0.717) is 5.56 Å². The maximum Gasteiger partial charge on any atom is 0.149 e. The van der Waals surface area contributed by atoms with Crippen LogP contribution in [0.15, 0.2) is 30.5 Å². The van der Waals surface area contributed by atoms with Gasteiger partial charge in [-0.3, -0.25) is 4.98 Å². The predicted molar refractivity (Wildman–Crippen MR) is 88.3 cm³/mol. The summed E-state index contributed by atoms with van der Waals surface area (Å²) in [6.45, 7) is 10.3. The molecule has 0 fully saturated rings. The molecule has 22 heavy (non-hydrogen) atoms. The first-order chi connectivity index (χ1) is 10.2. The van der Waals surface area contributed by atoms with Crippen LogP contribution in [0.25, 0.3) is 11.1 Å². The fourth-order valence-electron chi connectivity index (χ4n) is 2.84. The maximum absolute atomic E-state index is 14.3. The van der Waals surface area contributed by atoms with Crippen molar-refractivity contribution in [1.29, 1.82) is 0 Å². The van der Waals surface area contributed by atoms with E-state index in [9.17, 15) is 4.39 Å². The second kappa shape index (κ2) is 6.17. The predicted octanol–water partition coefficient (Wildman–Crippen LogP) is 5.24. The van der Waals surface area contributed by atoms with E-state index >= 15 is 0 Å². The highest BCUT2D eigenvalue weighted by molar-refractivity contribution is 5.69. The highest BCUT2D eigenvalue weighted by Crippen LogP contribution is 2.41. The van der Waals surface area contributed by atoms with Crippen molar-refractivity contribution in [1.82, 2.24) is 4.98 Å². The van der Waals surface area contributed by atoms with Crippen molar-refractivity contribution >= 4 is 0 Å². The van der Waals surface area contributed by atoms with Gasteiger partial charge in [-0.05, 0) is 36.5 Å². The van der Waals surface area contributed by atoms with E-state index in [-0.39, 0.29) is 17.3 Å². The van der Waals surface area contributed by atoms with Gasteiger partial charge >= 0.3 is 0 Å². The van der Waals surface area contributed by atoms with Crippen LogP contribution in [-0.2, 0) is 4.74 Å². The van der Waals surface area contributed by atoms with E-state index in [1.165, 1.54) is 6.20 Å². The lowest BCUT2D eigenvalue weighted by Crippen LogP contribution is -2.21. The molecule has 1 aromatic carbocycles. The van der Waals surface area contributed by atoms with Crippen LogP contribution in [0.3, 0.4) is 0 Å². The number of methoxy groups -OCH3 is 1. The van der Waals surface area contributed by atoms with Gasteiger partial charge in [0, 0.05) is 18.4 Å². The Bertz CT molecular complexity index is 674. The largest absolute Gasteiger partial charge is 0.376 e. The summed E-state index contributed by atoms with van der Waals surface area (Å²) < 4.78 is 20.0. The van der Waals surface area contributed by atoms with Gasteiger partial charge in [-0.15, -0.1) is 0 Å². The lowest BCUT2D eigenvalue weighted by Gasteiger charge is -2.31. The minimum Gasteiger partial charge on any atom is -0.376 e. The maximum atomic E-state index is 14.3. The van der Waals surface area contributed by atoms with E-state index in [1.807, 2.05) is 26.0 Å². The van der Waals surface area contributed by atoms with Crippen molar-refractivity contribution < 1.29 is 9.13 Å². The van der Waals surface area contributed by atoms with E-state index in [0.717, 1.165) is 22.4 Å². The van der Waals surface area contributed by atoms with Crippen molar-refractivity contribution in [3.63, 3.8) is 0 Å². The minimum absolute atomic E-state index is 0.0875. The lowest BCUT2D eigenvalue weighted by atomic mass is 9.81. The molecule has 0 unspecified atom stereocenters. The second-order valence-corrected chi connectivity index (χ2v) is 6.88. The van der Waals surface area contributed by atoms with Crippen LogP contribution in [-0.4, -0.2) is 12.1 Å². The summed E-state index contributed by atoms with van der Waals surface area (Å²) >= 11 is 0. The molecule has 0 bridgehead atoms. The van der Waals surface area contributed by atoms with Crippen LogP contribution < -0.4 is 0 Å². The number of ether oxygens (including phenoxy) is 1. The van der Waals surface area contributed by atoms with E-state index < -0.39 is 0 Å². The van der Waals surface area contributed by atoms with Crippen LogP contribution in [0.2, 0.25) is 0 Å². The number of benzene rings is 1. The summed E-state index contributed by atoms with van der Waals surface area (Å²) in [5.74, 6) is -0.306. The Morgan fingerprint density at radius 2 is 1.77 bits per heavy atom. The fourth-order valence-corrected chi connectivity index (χ4v) is 2.84. The molecule has 0 spiro atoms. The van der Waals surface area contributed by atoms with Crippen LogP contribution in [0.4, 0.5) is 4.39 Å². The number of rotatable bonds is 3. The molecule has 1 heterocycles. The van der Waals surface area contributed by atoms with Gasteiger partial charge in [0.05, 0.1) is 12.3 Å². The van der Waals surface area contributed by atoms with E-state index in [1.54, 1.807) is 13.2 Å². The summed E-state index contributed by atoms with van der Waals surface area (Å²) in [4.78, 5) is 4.02. The molecule has 3 heteroatoms. The number of hydrogen-bond donors (Lipinski definition) is 0. The molecule has 0 aliphatic carbocycles. The van der Waals surface area contributed by atoms with Crippen molar-refractivity contribution in [2.24, 2.45) is 5.41 Å². The monoisotopic (exact) mass is 301 g/mol. The molecule has 1 atom stereocenters. The molecule has 1 aromatic heterocycles. The van der Waals surface area contributed by atoms with Crippen molar-refractivity contribution in [2.75, 3.05) is 7.11 Å². The number of nitrogens with zero attached hydrogens (tertiary/aromatic N) is 1. The molecule has 2 nitrogen and oxygen atoms in total. The van der Waals surface area contributed by atoms with Gasteiger partial charge in [0.1, 0.15) is 5.82 Å². The Morgan fingerprint density at radius 1 is 1.09 bits per heavy atom. The molecule has 0 saturated heterocycles. The molecular formula is C19H24FNO. The molecule has 2 aromatic rings. The molecule has 0 saturated carbocycles. The number of aromatic nitrogens is 1. The van der Waals surface area contributed by atoms with Gasteiger partial charge in [-0.1, -0.05) is 44.5 Å². The average molecular weight is 301 g/mol. The van der Waals surface area contributed by atoms with Crippen molar-refractivity contribution in [3.8, 4) is 11.1 Å². The Kier molecular flexibility index (Phi) is 4.66. The molecule has 0 aliphatic heterocycles. The molecule has 0 radical (unpaired) electrons. The zero-order chi connectivity index (χ0) is 16.5. The molecule has 0 N–H and O–H groups in total. The van der Waals surface area contributed by atoms with Gasteiger partial charge < -0.3 is 4.74 Å². The van der Waals surface area contributed by atoms with Gasteiger partial charge in [-0.25, -0.2) is 4.39 Å². The fraction of sp³-hybridized carbons (Fsp3) is 0.421. The standard InChI is InChI=1S/C19H24FNO/c1-12-7-8-14(15-10-13(2)21-11-17(15)20)16(9-12)18(22-6)19(3,4)5/h7-11,18H,1-6H3/t18-/m1/s1. The number of halogens is 1. The summed E-state index contributed by atoms with van der Waals surface area (Å²) in [6, 6.07) is 7.85. The van der Waals surface area contributed by atoms with Crippen LogP contribution in [0, 0.1) is 25.1 Å². The summed E-state index contributed by atoms with van der Waals surface area (Å²) in [6.07, 6.45) is 1.17. The van der Waals surface area contributed by atoms with Crippen LogP contribution in [0.5, 0.6) is 0 Å². The smallest absolute Gasteiger partial charge is 0.149 e. The summed E-state index contributed by atoms with van der Waals surface area (Å²) in [7, 11) is 1.70. The number of pyridine rings is 1. The first kappa shape index (κ1) is 16.6. The third kappa shape index (κ3) is 3.36. The van der Waals surface area contributed by atoms with E-state index in [4.69, 9.17) is 4.74 Å². The third-order valence-electron chi connectivity index (χ3n) is 3.79. The Labute approximate surface area is 132 Å². The van der Waals surface area contributed by atoms with Gasteiger partial charge in [0.15, 0.2) is 0 Å². The molecule has 0 amide bonds. The van der Waals surface area contributed by atoms with Gasteiger partial charge in [-0.2, -0.15) is 0 Å². The highest BCUT2D eigenvalue weighted by atomic mass is 19.1. The topological polar surface area (TPSA) is 22.1 Å². The van der Waals surface area contributed by atoms with Crippen LogP contribution >= 0.6 is 0 Å².